The van der Waals surface area contributed by atoms with Crippen LogP contribution >= 0.6 is 11.3 Å². The Bertz CT molecular complexity index is 540. The number of hydrogen-bond donors (Lipinski definition) is 0. The minimum atomic E-state index is 0.0720. The Hall–Kier alpha value is -1.74. The SMILES string of the molecule is CC(=O)c1ccc(-c2cccc(C=O)c2)s1. The third kappa shape index (κ3) is 2.09. The lowest BCUT2D eigenvalue weighted by molar-refractivity contribution is 0.102. The maximum Gasteiger partial charge on any atom is 0.169 e. The topological polar surface area (TPSA) is 34.1 Å². The van der Waals surface area contributed by atoms with Crippen LogP contribution in [0.2, 0.25) is 0 Å². The summed E-state index contributed by atoms with van der Waals surface area (Å²) in [6, 6.07) is 11.1. The Kier molecular flexibility index (Phi) is 2.97. The predicted molar refractivity (Wildman–Crippen MR) is 65.1 cm³/mol. The number of carbonyl (C=O) groups excluding carboxylic acids is 2. The molecule has 2 rings (SSSR count). The van der Waals surface area contributed by atoms with E-state index in [2.05, 4.69) is 0 Å². The van der Waals surface area contributed by atoms with Crippen molar-refractivity contribution in [2.45, 2.75) is 6.92 Å². The number of thiophene rings is 1. The molecule has 0 fully saturated rings. The molecule has 0 atom stereocenters. The zero-order valence-electron chi connectivity index (χ0n) is 8.77. The van der Waals surface area contributed by atoms with Gasteiger partial charge >= 0.3 is 0 Å². The second-order valence-electron chi connectivity index (χ2n) is 3.46. The molecule has 2 nitrogen and oxygen atoms in total. The largest absolute Gasteiger partial charge is 0.298 e. The van der Waals surface area contributed by atoms with Crippen molar-refractivity contribution in [2.75, 3.05) is 0 Å². The fourth-order valence-corrected chi connectivity index (χ4v) is 2.35. The average Bonchev–Trinajstić information content (AvgIpc) is 2.78. The first-order valence-electron chi connectivity index (χ1n) is 4.87. The van der Waals surface area contributed by atoms with Gasteiger partial charge in [-0.05, 0) is 30.7 Å². The summed E-state index contributed by atoms with van der Waals surface area (Å²) >= 11 is 1.45. The van der Waals surface area contributed by atoms with Gasteiger partial charge in [0, 0.05) is 10.4 Å². The molecule has 1 heterocycles. The summed E-state index contributed by atoms with van der Waals surface area (Å²) in [6.45, 7) is 1.55. The summed E-state index contributed by atoms with van der Waals surface area (Å²) in [6.07, 6.45) is 0.822. The number of hydrogen-bond acceptors (Lipinski definition) is 3. The Morgan fingerprint density at radius 1 is 1.25 bits per heavy atom. The number of aldehydes is 1. The number of ketones is 1. The molecule has 0 saturated carbocycles. The molecular weight excluding hydrogens is 220 g/mol. The van der Waals surface area contributed by atoms with E-state index in [1.165, 1.54) is 11.3 Å². The highest BCUT2D eigenvalue weighted by Gasteiger charge is 2.06. The van der Waals surface area contributed by atoms with E-state index >= 15 is 0 Å². The van der Waals surface area contributed by atoms with Gasteiger partial charge in [0.2, 0.25) is 0 Å². The van der Waals surface area contributed by atoms with E-state index < -0.39 is 0 Å². The van der Waals surface area contributed by atoms with Crippen molar-refractivity contribution in [3.8, 4) is 10.4 Å². The lowest BCUT2D eigenvalue weighted by Gasteiger charge is -1.97. The maximum atomic E-state index is 11.2. The van der Waals surface area contributed by atoms with E-state index in [-0.39, 0.29) is 5.78 Å². The van der Waals surface area contributed by atoms with Gasteiger partial charge in [-0.15, -0.1) is 11.3 Å². The molecule has 2 aromatic rings. The van der Waals surface area contributed by atoms with Gasteiger partial charge in [-0.1, -0.05) is 18.2 Å². The lowest BCUT2D eigenvalue weighted by Crippen LogP contribution is -1.83. The molecule has 0 aliphatic carbocycles. The summed E-state index contributed by atoms with van der Waals surface area (Å²) in [5.74, 6) is 0.0720. The van der Waals surface area contributed by atoms with E-state index in [0.29, 0.717) is 5.56 Å². The first-order valence-corrected chi connectivity index (χ1v) is 5.69. The third-order valence-electron chi connectivity index (χ3n) is 2.26. The highest BCUT2D eigenvalue weighted by atomic mass is 32.1. The van der Waals surface area contributed by atoms with Crippen LogP contribution in [0.1, 0.15) is 27.0 Å². The van der Waals surface area contributed by atoms with Crippen LogP contribution in [0.25, 0.3) is 10.4 Å². The molecule has 0 bridgehead atoms. The molecule has 0 spiro atoms. The van der Waals surface area contributed by atoms with E-state index in [1.807, 2.05) is 30.3 Å². The van der Waals surface area contributed by atoms with Crippen LogP contribution in [0.3, 0.4) is 0 Å². The summed E-state index contributed by atoms with van der Waals surface area (Å²) in [5, 5.41) is 0. The summed E-state index contributed by atoms with van der Waals surface area (Å²) < 4.78 is 0. The van der Waals surface area contributed by atoms with E-state index in [0.717, 1.165) is 21.6 Å². The van der Waals surface area contributed by atoms with Crippen molar-refractivity contribution < 1.29 is 9.59 Å². The molecule has 0 saturated heterocycles. The van der Waals surface area contributed by atoms with Crippen molar-refractivity contribution in [1.82, 2.24) is 0 Å². The van der Waals surface area contributed by atoms with Gasteiger partial charge in [0.1, 0.15) is 6.29 Å². The van der Waals surface area contributed by atoms with Gasteiger partial charge < -0.3 is 0 Å². The zero-order valence-corrected chi connectivity index (χ0v) is 9.58. The smallest absolute Gasteiger partial charge is 0.169 e. The van der Waals surface area contributed by atoms with Gasteiger partial charge in [-0.3, -0.25) is 9.59 Å². The van der Waals surface area contributed by atoms with Gasteiger partial charge in [-0.25, -0.2) is 0 Å². The fourth-order valence-electron chi connectivity index (χ4n) is 1.45. The van der Waals surface area contributed by atoms with Crippen molar-refractivity contribution in [2.24, 2.45) is 0 Å². The van der Waals surface area contributed by atoms with Gasteiger partial charge in [-0.2, -0.15) is 0 Å². The molecule has 1 aromatic heterocycles. The predicted octanol–water partition coefficient (Wildman–Crippen LogP) is 3.43. The lowest BCUT2D eigenvalue weighted by atomic mass is 10.1. The van der Waals surface area contributed by atoms with Crippen molar-refractivity contribution in [3.63, 3.8) is 0 Å². The minimum Gasteiger partial charge on any atom is -0.298 e. The second-order valence-corrected chi connectivity index (χ2v) is 4.55. The quantitative estimate of drug-likeness (QED) is 0.598. The summed E-state index contributed by atoms with van der Waals surface area (Å²) in [4.78, 5) is 23.6. The number of carbonyl (C=O) groups is 2. The summed E-state index contributed by atoms with van der Waals surface area (Å²) in [7, 11) is 0. The highest BCUT2D eigenvalue weighted by Crippen LogP contribution is 2.28. The van der Waals surface area contributed by atoms with Gasteiger partial charge in [0.05, 0.1) is 4.88 Å². The van der Waals surface area contributed by atoms with Crippen LogP contribution in [0.4, 0.5) is 0 Å². The zero-order chi connectivity index (χ0) is 11.5. The van der Waals surface area contributed by atoms with Crippen molar-refractivity contribution in [1.29, 1.82) is 0 Å². The molecule has 16 heavy (non-hydrogen) atoms. The van der Waals surface area contributed by atoms with Crippen LogP contribution in [-0.4, -0.2) is 12.1 Å². The van der Waals surface area contributed by atoms with Gasteiger partial charge in [0.15, 0.2) is 5.78 Å². The monoisotopic (exact) mass is 230 g/mol. The fraction of sp³-hybridized carbons (Fsp3) is 0.0769. The van der Waals surface area contributed by atoms with Crippen molar-refractivity contribution >= 4 is 23.4 Å². The van der Waals surface area contributed by atoms with Crippen LogP contribution in [0, 0.1) is 0 Å². The molecule has 0 N–H and O–H groups in total. The first kappa shape index (κ1) is 10.8. The average molecular weight is 230 g/mol. The Morgan fingerprint density at radius 2 is 2.06 bits per heavy atom. The van der Waals surface area contributed by atoms with Gasteiger partial charge in [0.25, 0.3) is 0 Å². The normalized spacial score (nSPS) is 10.1. The van der Waals surface area contributed by atoms with E-state index in [4.69, 9.17) is 0 Å². The van der Waals surface area contributed by atoms with E-state index in [1.54, 1.807) is 13.0 Å². The number of Topliss-reactive ketones (excluding diaryl/α,β-unsaturated/α-hetero) is 1. The summed E-state index contributed by atoms with van der Waals surface area (Å²) in [5.41, 5.74) is 1.62. The Balaban J connectivity index is 2.42. The molecular formula is C13H10O2S. The van der Waals surface area contributed by atoms with Crippen LogP contribution in [-0.2, 0) is 0 Å². The Morgan fingerprint density at radius 3 is 2.69 bits per heavy atom. The molecule has 1 aromatic carbocycles. The molecule has 80 valence electrons. The minimum absolute atomic E-state index is 0.0720. The Labute approximate surface area is 97.5 Å². The van der Waals surface area contributed by atoms with Crippen LogP contribution < -0.4 is 0 Å². The molecule has 3 heteroatoms. The number of benzene rings is 1. The van der Waals surface area contributed by atoms with E-state index in [9.17, 15) is 9.59 Å². The molecule has 0 amide bonds. The van der Waals surface area contributed by atoms with Crippen LogP contribution in [0.15, 0.2) is 36.4 Å². The maximum absolute atomic E-state index is 11.2. The second kappa shape index (κ2) is 4.41. The standard InChI is InChI=1S/C13H10O2S/c1-9(15)12-5-6-13(16-12)11-4-2-3-10(7-11)8-14/h2-8H,1H3. The molecule has 0 aliphatic rings. The molecule has 0 radical (unpaired) electrons. The van der Waals surface area contributed by atoms with Crippen LogP contribution in [0.5, 0.6) is 0 Å². The number of rotatable bonds is 3. The third-order valence-corrected chi connectivity index (χ3v) is 3.50. The first-order chi connectivity index (χ1) is 7.70. The highest BCUT2D eigenvalue weighted by molar-refractivity contribution is 7.17. The molecule has 0 unspecified atom stereocenters. The molecule has 0 aliphatic heterocycles. The van der Waals surface area contributed by atoms with Crippen molar-refractivity contribution in [3.05, 3.63) is 46.8 Å².